The van der Waals surface area contributed by atoms with Crippen LogP contribution in [0.25, 0.3) is 10.9 Å². The van der Waals surface area contributed by atoms with Crippen molar-refractivity contribution in [1.29, 1.82) is 0 Å². The summed E-state index contributed by atoms with van der Waals surface area (Å²) in [5.41, 5.74) is 2.71. The molecule has 1 aromatic heterocycles. The standard InChI is InChI=1S/C14H13BrF2N2/c1-18-13-7-4-2-3-5-10(7)19-14-9(16)6-8(15)12(17)11(13)14/h6H,2-5H2,1H3,(H,18,19). The van der Waals surface area contributed by atoms with Gasteiger partial charge in [0.05, 0.1) is 15.5 Å². The van der Waals surface area contributed by atoms with Crippen LogP contribution in [0, 0.1) is 11.6 Å². The van der Waals surface area contributed by atoms with E-state index in [9.17, 15) is 8.78 Å². The van der Waals surface area contributed by atoms with E-state index >= 15 is 0 Å². The van der Waals surface area contributed by atoms with E-state index in [1.807, 2.05) is 0 Å². The predicted octanol–water partition coefficient (Wildman–Crippen LogP) is 4.20. The molecule has 0 saturated heterocycles. The first kappa shape index (κ1) is 12.8. The minimum absolute atomic E-state index is 0.116. The average Bonchev–Trinajstić information content (AvgIpc) is 2.42. The fourth-order valence-corrected chi connectivity index (χ4v) is 3.17. The highest BCUT2D eigenvalue weighted by Gasteiger charge is 2.22. The summed E-state index contributed by atoms with van der Waals surface area (Å²) in [6.07, 6.45) is 3.81. The summed E-state index contributed by atoms with van der Waals surface area (Å²) in [6.45, 7) is 0. The van der Waals surface area contributed by atoms with Gasteiger partial charge in [-0.1, -0.05) is 0 Å². The Bertz CT molecular complexity index is 671. The van der Waals surface area contributed by atoms with E-state index in [-0.39, 0.29) is 15.4 Å². The van der Waals surface area contributed by atoms with Crippen LogP contribution in [0.15, 0.2) is 10.5 Å². The zero-order valence-corrected chi connectivity index (χ0v) is 12.1. The third-order valence-corrected chi connectivity index (χ3v) is 4.21. The summed E-state index contributed by atoms with van der Waals surface area (Å²) < 4.78 is 28.5. The molecule has 1 aliphatic rings. The van der Waals surface area contributed by atoms with Crippen LogP contribution in [-0.2, 0) is 12.8 Å². The summed E-state index contributed by atoms with van der Waals surface area (Å²) in [5, 5.41) is 3.27. The normalized spacial score (nSPS) is 14.5. The van der Waals surface area contributed by atoms with Gasteiger partial charge in [0, 0.05) is 12.7 Å². The number of aryl methyl sites for hydroxylation is 1. The van der Waals surface area contributed by atoms with Crippen molar-refractivity contribution in [3.05, 3.63) is 33.4 Å². The molecule has 1 heterocycles. The largest absolute Gasteiger partial charge is 0.387 e. The molecule has 100 valence electrons. The van der Waals surface area contributed by atoms with Crippen molar-refractivity contribution < 1.29 is 8.78 Å². The monoisotopic (exact) mass is 326 g/mol. The lowest BCUT2D eigenvalue weighted by Gasteiger charge is -2.21. The Morgan fingerprint density at radius 3 is 2.74 bits per heavy atom. The molecular weight excluding hydrogens is 314 g/mol. The lowest BCUT2D eigenvalue weighted by Crippen LogP contribution is -2.11. The molecule has 19 heavy (non-hydrogen) atoms. The van der Waals surface area contributed by atoms with Gasteiger partial charge < -0.3 is 5.32 Å². The second-order valence-electron chi connectivity index (χ2n) is 4.75. The molecule has 0 radical (unpaired) electrons. The van der Waals surface area contributed by atoms with Crippen LogP contribution in [0.4, 0.5) is 14.5 Å². The van der Waals surface area contributed by atoms with Gasteiger partial charge in [-0.25, -0.2) is 13.8 Å². The molecule has 0 aliphatic heterocycles. The van der Waals surface area contributed by atoms with Gasteiger partial charge in [0.15, 0.2) is 5.82 Å². The van der Waals surface area contributed by atoms with E-state index in [0.717, 1.165) is 43.0 Å². The molecule has 0 atom stereocenters. The van der Waals surface area contributed by atoms with Crippen LogP contribution >= 0.6 is 15.9 Å². The van der Waals surface area contributed by atoms with Gasteiger partial charge in [0.2, 0.25) is 0 Å². The van der Waals surface area contributed by atoms with Crippen LogP contribution in [0.1, 0.15) is 24.1 Å². The molecule has 0 fully saturated rings. The molecule has 0 saturated carbocycles. The molecule has 1 N–H and O–H groups in total. The summed E-state index contributed by atoms with van der Waals surface area (Å²) in [7, 11) is 1.74. The number of aromatic nitrogens is 1. The summed E-state index contributed by atoms with van der Waals surface area (Å²) in [5.74, 6) is -0.949. The second kappa shape index (κ2) is 4.71. The number of hydrogen-bond acceptors (Lipinski definition) is 2. The minimum atomic E-state index is -0.492. The molecule has 2 aromatic rings. The molecule has 0 bridgehead atoms. The highest BCUT2D eigenvalue weighted by Crippen LogP contribution is 2.37. The lowest BCUT2D eigenvalue weighted by molar-refractivity contribution is 0.606. The van der Waals surface area contributed by atoms with E-state index in [4.69, 9.17) is 0 Å². The third kappa shape index (κ3) is 1.91. The van der Waals surface area contributed by atoms with E-state index in [2.05, 4.69) is 26.2 Å². The first-order valence-corrected chi connectivity index (χ1v) is 7.09. The number of anilines is 1. The van der Waals surface area contributed by atoms with E-state index in [1.165, 1.54) is 0 Å². The Kier molecular flexibility index (Phi) is 3.17. The molecule has 5 heteroatoms. The minimum Gasteiger partial charge on any atom is -0.387 e. The number of fused-ring (bicyclic) bond motifs is 2. The molecule has 1 aromatic carbocycles. The summed E-state index contributed by atoms with van der Waals surface area (Å²) >= 11 is 3.06. The fraction of sp³-hybridized carbons (Fsp3) is 0.357. The van der Waals surface area contributed by atoms with E-state index < -0.39 is 11.6 Å². The van der Waals surface area contributed by atoms with Crippen molar-refractivity contribution in [2.24, 2.45) is 0 Å². The molecule has 1 aliphatic carbocycles. The maximum Gasteiger partial charge on any atom is 0.150 e. The van der Waals surface area contributed by atoms with Gasteiger partial charge in [-0.15, -0.1) is 0 Å². The van der Waals surface area contributed by atoms with Crippen LogP contribution in [0.2, 0.25) is 0 Å². The summed E-state index contributed by atoms with van der Waals surface area (Å²) in [4.78, 5) is 4.35. The van der Waals surface area contributed by atoms with Crippen LogP contribution in [-0.4, -0.2) is 12.0 Å². The van der Waals surface area contributed by atoms with Crippen molar-refractivity contribution in [1.82, 2.24) is 4.98 Å². The fourth-order valence-electron chi connectivity index (χ4n) is 2.77. The highest BCUT2D eigenvalue weighted by atomic mass is 79.9. The number of rotatable bonds is 1. The Labute approximate surface area is 118 Å². The number of benzene rings is 1. The Hall–Kier alpha value is -1.23. The van der Waals surface area contributed by atoms with Crippen molar-refractivity contribution >= 4 is 32.5 Å². The van der Waals surface area contributed by atoms with Gasteiger partial charge in [0.1, 0.15) is 11.3 Å². The van der Waals surface area contributed by atoms with Gasteiger partial charge >= 0.3 is 0 Å². The Morgan fingerprint density at radius 1 is 1.26 bits per heavy atom. The predicted molar refractivity (Wildman–Crippen MR) is 75.5 cm³/mol. The summed E-state index contributed by atoms with van der Waals surface area (Å²) in [6, 6.07) is 1.14. The lowest BCUT2D eigenvalue weighted by atomic mass is 9.92. The average molecular weight is 327 g/mol. The van der Waals surface area contributed by atoms with E-state index in [1.54, 1.807) is 7.05 Å². The Morgan fingerprint density at radius 2 is 2.00 bits per heavy atom. The number of pyridine rings is 1. The highest BCUT2D eigenvalue weighted by molar-refractivity contribution is 9.10. The molecule has 2 nitrogen and oxygen atoms in total. The molecule has 0 spiro atoms. The first-order chi connectivity index (χ1) is 9.13. The van der Waals surface area contributed by atoms with Crippen molar-refractivity contribution in [3.8, 4) is 0 Å². The van der Waals surface area contributed by atoms with Gasteiger partial charge in [-0.3, -0.25) is 0 Å². The van der Waals surface area contributed by atoms with Crippen LogP contribution in [0.3, 0.4) is 0 Å². The zero-order valence-electron chi connectivity index (χ0n) is 10.5. The number of nitrogens with one attached hydrogen (secondary N) is 1. The maximum atomic E-state index is 14.3. The first-order valence-electron chi connectivity index (χ1n) is 6.30. The van der Waals surface area contributed by atoms with E-state index in [0.29, 0.717) is 5.69 Å². The van der Waals surface area contributed by atoms with Crippen molar-refractivity contribution in [2.75, 3.05) is 12.4 Å². The molecule has 0 unspecified atom stereocenters. The van der Waals surface area contributed by atoms with Crippen LogP contribution in [0.5, 0.6) is 0 Å². The zero-order chi connectivity index (χ0) is 13.6. The second-order valence-corrected chi connectivity index (χ2v) is 5.60. The van der Waals surface area contributed by atoms with Crippen LogP contribution < -0.4 is 5.32 Å². The number of halogens is 3. The smallest absolute Gasteiger partial charge is 0.150 e. The third-order valence-electron chi connectivity index (χ3n) is 3.63. The Balaban J connectivity index is 2.47. The van der Waals surface area contributed by atoms with Gasteiger partial charge in [-0.2, -0.15) is 0 Å². The SMILES string of the molecule is CNc1c2c(nc3c(F)cc(Br)c(F)c13)CCCC2. The molecular formula is C14H13BrF2N2. The number of hydrogen-bond donors (Lipinski definition) is 1. The quantitative estimate of drug-likeness (QED) is 0.794. The molecule has 0 amide bonds. The maximum absolute atomic E-state index is 14.3. The van der Waals surface area contributed by atoms with Crippen molar-refractivity contribution in [2.45, 2.75) is 25.7 Å². The number of nitrogens with zero attached hydrogens (tertiary/aromatic N) is 1. The topological polar surface area (TPSA) is 24.9 Å². The molecule has 3 rings (SSSR count). The van der Waals surface area contributed by atoms with Crippen molar-refractivity contribution in [3.63, 3.8) is 0 Å². The van der Waals surface area contributed by atoms with Gasteiger partial charge in [0.25, 0.3) is 0 Å². The van der Waals surface area contributed by atoms with Gasteiger partial charge in [-0.05, 0) is 53.2 Å².